The average molecular weight is 510 g/mol. The summed E-state index contributed by atoms with van der Waals surface area (Å²) in [7, 11) is 1.31. The van der Waals surface area contributed by atoms with Crippen molar-refractivity contribution >= 4 is 57.8 Å². The number of esters is 1. The number of thioether (sulfide) groups is 1. The molecule has 2 heterocycles. The maximum atomic E-state index is 12.7. The smallest absolute Gasteiger partial charge is 0.357 e. The highest BCUT2D eigenvalue weighted by molar-refractivity contribution is 7.98. The van der Waals surface area contributed by atoms with E-state index in [0.717, 1.165) is 16.5 Å². The number of nitrogens with one attached hydrogen (secondary N) is 2. The fourth-order valence-corrected chi connectivity index (χ4v) is 4.60. The Bertz CT molecular complexity index is 1310. The number of carbonyl (C=O) groups excluding carboxylic acids is 1. The molecular weight excluding hydrogens is 486 g/mol. The SMILES string of the molecule is COC(=O)c1nc(SC)nc(N2CCNC(CC#N)C2)c1/C=N/Nc1cccc2cccc(Cl)c12. The van der Waals surface area contributed by atoms with Crippen LogP contribution in [0, 0.1) is 11.3 Å². The third-order valence-electron chi connectivity index (χ3n) is 5.59. The predicted octanol–water partition coefficient (Wildman–Crippen LogP) is 3.93. The lowest BCUT2D eigenvalue weighted by molar-refractivity contribution is 0.0592. The van der Waals surface area contributed by atoms with Crippen LogP contribution in [0.4, 0.5) is 11.5 Å². The molecule has 0 aliphatic carbocycles. The van der Waals surface area contributed by atoms with Gasteiger partial charge in [-0.25, -0.2) is 14.8 Å². The number of benzene rings is 2. The molecule has 2 aromatic carbocycles. The molecule has 1 atom stereocenters. The first kappa shape index (κ1) is 24.7. The first-order chi connectivity index (χ1) is 17.0. The molecule has 1 aliphatic rings. The lowest BCUT2D eigenvalue weighted by Gasteiger charge is -2.34. The first-order valence-corrected chi connectivity index (χ1v) is 12.5. The minimum Gasteiger partial charge on any atom is -0.464 e. The molecule has 1 aliphatic heterocycles. The van der Waals surface area contributed by atoms with Crippen molar-refractivity contribution in [2.45, 2.75) is 17.6 Å². The molecule has 11 heteroatoms. The number of aromatic nitrogens is 2. The summed E-state index contributed by atoms with van der Waals surface area (Å²) in [6.45, 7) is 1.90. The summed E-state index contributed by atoms with van der Waals surface area (Å²) >= 11 is 7.77. The number of anilines is 2. The molecule has 0 saturated carbocycles. The Labute approximate surface area is 212 Å². The largest absolute Gasteiger partial charge is 0.464 e. The molecule has 35 heavy (non-hydrogen) atoms. The zero-order valence-corrected chi connectivity index (χ0v) is 20.9. The van der Waals surface area contributed by atoms with Gasteiger partial charge in [-0.2, -0.15) is 10.4 Å². The second-order valence-corrected chi connectivity index (χ2v) is 8.94. The van der Waals surface area contributed by atoms with Crippen LogP contribution in [0.3, 0.4) is 0 Å². The van der Waals surface area contributed by atoms with Crippen molar-refractivity contribution in [3.8, 4) is 6.07 Å². The van der Waals surface area contributed by atoms with Crippen molar-refractivity contribution in [2.24, 2.45) is 5.10 Å². The second-order valence-electron chi connectivity index (χ2n) is 7.76. The highest BCUT2D eigenvalue weighted by atomic mass is 35.5. The highest BCUT2D eigenvalue weighted by Gasteiger charge is 2.27. The van der Waals surface area contributed by atoms with Crippen LogP contribution >= 0.6 is 23.4 Å². The maximum absolute atomic E-state index is 12.7. The zero-order chi connectivity index (χ0) is 24.8. The van der Waals surface area contributed by atoms with Crippen molar-refractivity contribution in [1.29, 1.82) is 5.26 Å². The molecule has 1 aromatic heterocycles. The molecule has 4 rings (SSSR count). The van der Waals surface area contributed by atoms with Gasteiger partial charge in [0.05, 0.1) is 42.1 Å². The fourth-order valence-electron chi connectivity index (χ4n) is 3.96. The van der Waals surface area contributed by atoms with E-state index in [0.29, 0.717) is 47.6 Å². The van der Waals surface area contributed by atoms with E-state index in [4.69, 9.17) is 26.6 Å². The van der Waals surface area contributed by atoms with Crippen LogP contribution < -0.4 is 15.6 Å². The minimum atomic E-state index is -0.581. The number of methoxy groups -OCH3 is 1. The van der Waals surface area contributed by atoms with E-state index in [2.05, 4.69) is 26.9 Å². The van der Waals surface area contributed by atoms with Crippen molar-refractivity contribution in [1.82, 2.24) is 15.3 Å². The van der Waals surface area contributed by atoms with Crippen LogP contribution in [0.15, 0.2) is 46.7 Å². The molecule has 0 radical (unpaired) electrons. The van der Waals surface area contributed by atoms with E-state index in [1.165, 1.54) is 25.1 Å². The molecule has 0 bridgehead atoms. The molecule has 1 fully saturated rings. The van der Waals surface area contributed by atoms with Crippen molar-refractivity contribution in [3.05, 3.63) is 52.7 Å². The molecule has 3 aromatic rings. The van der Waals surface area contributed by atoms with Gasteiger partial charge >= 0.3 is 5.97 Å². The van der Waals surface area contributed by atoms with Gasteiger partial charge in [0.1, 0.15) is 5.82 Å². The molecule has 9 nitrogen and oxygen atoms in total. The normalized spacial score (nSPS) is 15.8. The minimum absolute atomic E-state index is 0.0104. The summed E-state index contributed by atoms with van der Waals surface area (Å²) in [4.78, 5) is 23.8. The lowest BCUT2D eigenvalue weighted by Crippen LogP contribution is -2.51. The molecule has 2 N–H and O–H groups in total. The van der Waals surface area contributed by atoms with E-state index in [1.807, 2.05) is 47.6 Å². The number of nitrogens with zero attached hydrogens (tertiary/aromatic N) is 5. The molecule has 0 spiro atoms. The Morgan fingerprint density at radius 1 is 1.40 bits per heavy atom. The fraction of sp³-hybridized carbons (Fsp3) is 0.292. The topological polar surface area (TPSA) is 116 Å². The van der Waals surface area contributed by atoms with Crippen molar-refractivity contribution in [2.75, 3.05) is 43.3 Å². The van der Waals surface area contributed by atoms with Crippen LogP contribution in [-0.2, 0) is 4.74 Å². The van der Waals surface area contributed by atoms with Gasteiger partial charge < -0.3 is 15.0 Å². The summed E-state index contributed by atoms with van der Waals surface area (Å²) in [5.74, 6) is -0.0157. The van der Waals surface area contributed by atoms with Crippen LogP contribution in [0.1, 0.15) is 22.5 Å². The second kappa shape index (κ2) is 11.4. The molecule has 0 amide bonds. The molecule has 1 unspecified atom stereocenters. The monoisotopic (exact) mass is 509 g/mol. The summed E-state index contributed by atoms with van der Waals surface area (Å²) < 4.78 is 5.00. The number of hydrazone groups is 1. The van der Waals surface area contributed by atoms with E-state index in [-0.39, 0.29) is 11.7 Å². The number of fused-ring (bicyclic) bond motifs is 1. The van der Waals surface area contributed by atoms with Crippen molar-refractivity contribution < 1.29 is 9.53 Å². The number of piperazine rings is 1. The van der Waals surface area contributed by atoms with Gasteiger partial charge in [0.15, 0.2) is 10.9 Å². The summed E-state index contributed by atoms with van der Waals surface area (Å²) in [6.07, 6.45) is 3.74. The van der Waals surface area contributed by atoms with Gasteiger partial charge in [-0.1, -0.05) is 47.6 Å². The Morgan fingerprint density at radius 3 is 2.94 bits per heavy atom. The van der Waals surface area contributed by atoms with Crippen LogP contribution in [0.25, 0.3) is 10.8 Å². The van der Waals surface area contributed by atoms with Crippen LogP contribution in [-0.4, -0.2) is 61.2 Å². The van der Waals surface area contributed by atoms with E-state index in [1.54, 1.807) is 0 Å². The maximum Gasteiger partial charge on any atom is 0.357 e. The third kappa shape index (κ3) is 5.48. The number of nitriles is 1. The summed E-state index contributed by atoms with van der Waals surface area (Å²) in [5.41, 5.74) is 4.33. The Morgan fingerprint density at radius 2 is 2.20 bits per heavy atom. The van der Waals surface area contributed by atoms with Gasteiger partial charge in [-0.3, -0.25) is 5.43 Å². The number of hydrogen-bond acceptors (Lipinski definition) is 10. The molecule has 180 valence electrons. The quantitative estimate of drug-likeness (QED) is 0.161. The molecule has 1 saturated heterocycles. The van der Waals surface area contributed by atoms with Crippen LogP contribution in [0.5, 0.6) is 0 Å². The number of halogens is 1. The van der Waals surface area contributed by atoms with Crippen LogP contribution in [0.2, 0.25) is 5.02 Å². The van der Waals surface area contributed by atoms with E-state index in [9.17, 15) is 4.79 Å². The highest BCUT2D eigenvalue weighted by Crippen LogP contribution is 2.30. The van der Waals surface area contributed by atoms with Gasteiger partial charge in [-0.05, 0) is 23.8 Å². The first-order valence-electron chi connectivity index (χ1n) is 10.9. The summed E-state index contributed by atoms with van der Waals surface area (Å²) in [6, 6.07) is 13.7. The number of ether oxygens (including phenoxy) is 1. The van der Waals surface area contributed by atoms with Gasteiger partial charge in [0, 0.05) is 31.1 Å². The predicted molar refractivity (Wildman–Crippen MR) is 140 cm³/mol. The number of rotatable bonds is 7. The van der Waals surface area contributed by atoms with Gasteiger partial charge in [-0.15, -0.1) is 0 Å². The number of hydrogen-bond donors (Lipinski definition) is 2. The van der Waals surface area contributed by atoms with E-state index >= 15 is 0 Å². The molecular formula is C24H24ClN7O2S. The van der Waals surface area contributed by atoms with E-state index < -0.39 is 5.97 Å². The summed E-state index contributed by atoms with van der Waals surface area (Å²) in [5, 5.41) is 19.8. The number of carbonyl (C=O) groups is 1. The Kier molecular flexibility index (Phi) is 8.02. The standard InChI is InChI=1S/C24H24ClN7O2S/c1-34-23(33)21-17(13-28-31-19-8-4-6-15-5-3-7-18(25)20(15)19)22(30-24(29-21)35-2)32-12-11-27-16(14-32)9-10-26/h3-8,13,16,27,31H,9,11-12,14H2,1-2H3/b28-13+. The zero-order valence-electron chi connectivity index (χ0n) is 19.3. The van der Waals surface area contributed by atoms with Gasteiger partial charge in [0.25, 0.3) is 0 Å². The Balaban J connectivity index is 1.75. The van der Waals surface area contributed by atoms with Crippen molar-refractivity contribution in [3.63, 3.8) is 0 Å². The Hall–Kier alpha value is -3.39. The third-order valence-corrected chi connectivity index (χ3v) is 6.45. The average Bonchev–Trinajstić information content (AvgIpc) is 2.88. The lowest BCUT2D eigenvalue weighted by atomic mass is 10.1. The van der Waals surface area contributed by atoms with Gasteiger partial charge in [0.2, 0.25) is 0 Å².